The maximum atomic E-state index is 13.8. The fraction of sp³-hybridized carbons (Fsp3) is 0.0714. The molecule has 2 rings (SSSR count). The molecule has 2 aromatic carbocycles. The van der Waals surface area contributed by atoms with Crippen LogP contribution in [0.25, 0.3) is 0 Å². The summed E-state index contributed by atoms with van der Waals surface area (Å²) in [6.07, 6.45) is 0. The van der Waals surface area contributed by atoms with E-state index >= 15 is 0 Å². The van der Waals surface area contributed by atoms with E-state index in [9.17, 15) is 17.8 Å². The minimum absolute atomic E-state index is 0.0314. The molecule has 21 heavy (non-hydrogen) atoms. The standard InChI is InChI=1S/C14H9BrF2O3S/c15-11-4-5-12(16)10(13(11)17)7-21(20)9-3-1-2-8(6-9)14(18)19/h1-6H,7H2,(H,18,19). The third kappa shape index (κ3) is 3.54. The van der Waals surface area contributed by atoms with E-state index in [1.54, 1.807) is 0 Å². The van der Waals surface area contributed by atoms with Crippen LogP contribution in [-0.2, 0) is 16.6 Å². The molecule has 2 aromatic rings. The normalized spacial score (nSPS) is 12.1. The van der Waals surface area contributed by atoms with Crippen molar-refractivity contribution < 1.29 is 22.9 Å². The highest BCUT2D eigenvalue weighted by molar-refractivity contribution is 9.10. The van der Waals surface area contributed by atoms with E-state index in [4.69, 9.17) is 5.11 Å². The van der Waals surface area contributed by atoms with Crippen molar-refractivity contribution in [2.24, 2.45) is 0 Å². The van der Waals surface area contributed by atoms with Gasteiger partial charge in [-0.15, -0.1) is 0 Å². The average molecular weight is 375 g/mol. The van der Waals surface area contributed by atoms with Crippen molar-refractivity contribution >= 4 is 32.7 Å². The second-order valence-corrected chi connectivity index (χ2v) is 6.45. The molecule has 0 aliphatic carbocycles. The number of hydrogen-bond donors (Lipinski definition) is 1. The maximum Gasteiger partial charge on any atom is 0.335 e. The van der Waals surface area contributed by atoms with Crippen LogP contribution >= 0.6 is 15.9 Å². The van der Waals surface area contributed by atoms with E-state index in [-0.39, 0.29) is 26.2 Å². The van der Waals surface area contributed by atoms with Gasteiger partial charge in [0, 0.05) is 10.5 Å². The molecule has 0 heterocycles. The van der Waals surface area contributed by atoms with Crippen LogP contribution in [0.5, 0.6) is 0 Å². The predicted molar refractivity (Wildman–Crippen MR) is 77.6 cm³/mol. The zero-order chi connectivity index (χ0) is 15.6. The number of carbonyl (C=O) groups is 1. The summed E-state index contributed by atoms with van der Waals surface area (Å²) in [7, 11) is -1.75. The molecule has 0 spiro atoms. The van der Waals surface area contributed by atoms with Gasteiger partial charge in [0.1, 0.15) is 11.6 Å². The Morgan fingerprint density at radius 3 is 2.62 bits per heavy atom. The van der Waals surface area contributed by atoms with Crippen LogP contribution in [0.15, 0.2) is 45.8 Å². The van der Waals surface area contributed by atoms with Gasteiger partial charge in [-0.1, -0.05) is 6.07 Å². The van der Waals surface area contributed by atoms with Crippen molar-refractivity contribution in [2.45, 2.75) is 10.6 Å². The van der Waals surface area contributed by atoms with Gasteiger partial charge in [0.15, 0.2) is 0 Å². The predicted octanol–water partition coefficient (Wildman–Crippen LogP) is 3.73. The van der Waals surface area contributed by atoms with Gasteiger partial charge in [-0.25, -0.2) is 13.6 Å². The quantitative estimate of drug-likeness (QED) is 0.829. The molecule has 1 unspecified atom stereocenters. The molecular weight excluding hydrogens is 366 g/mol. The first-order valence-electron chi connectivity index (χ1n) is 5.74. The smallest absolute Gasteiger partial charge is 0.335 e. The van der Waals surface area contributed by atoms with E-state index in [0.717, 1.165) is 6.07 Å². The number of carboxylic acid groups (broad SMARTS) is 1. The van der Waals surface area contributed by atoms with Crippen LogP contribution in [0.4, 0.5) is 8.78 Å². The largest absolute Gasteiger partial charge is 0.478 e. The van der Waals surface area contributed by atoms with Gasteiger partial charge >= 0.3 is 5.97 Å². The number of rotatable bonds is 4. The topological polar surface area (TPSA) is 54.4 Å². The molecule has 0 bridgehead atoms. The van der Waals surface area contributed by atoms with Crippen molar-refractivity contribution in [1.82, 2.24) is 0 Å². The molecule has 0 aliphatic heterocycles. The van der Waals surface area contributed by atoms with Crippen LogP contribution in [0.2, 0.25) is 0 Å². The fourth-order valence-electron chi connectivity index (χ4n) is 1.69. The minimum atomic E-state index is -1.75. The van der Waals surface area contributed by atoms with Gasteiger partial charge in [0.2, 0.25) is 0 Å². The van der Waals surface area contributed by atoms with Gasteiger partial charge in [0.25, 0.3) is 0 Å². The van der Waals surface area contributed by atoms with Crippen LogP contribution in [-0.4, -0.2) is 15.3 Å². The van der Waals surface area contributed by atoms with Gasteiger partial charge in [-0.05, 0) is 46.3 Å². The number of carboxylic acids is 1. The van der Waals surface area contributed by atoms with Crippen LogP contribution in [0.1, 0.15) is 15.9 Å². The number of hydrogen-bond acceptors (Lipinski definition) is 2. The molecule has 0 radical (unpaired) electrons. The average Bonchev–Trinajstić information content (AvgIpc) is 2.47. The molecule has 0 aliphatic rings. The summed E-state index contributed by atoms with van der Waals surface area (Å²) < 4.78 is 39.7. The number of benzene rings is 2. The first-order chi connectivity index (χ1) is 9.90. The summed E-state index contributed by atoms with van der Waals surface area (Å²) in [4.78, 5) is 11.1. The maximum absolute atomic E-state index is 13.8. The Hall–Kier alpha value is -1.60. The van der Waals surface area contributed by atoms with E-state index in [1.807, 2.05) is 0 Å². The number of aromatic carboxylic acids is 1. The molecule has 3 nitrogen and oxygen atoms in total. The lowest BCUT2D eigenvalue weighted by Crippen LogP contribution is -2.04. The first kappa shape index (κ1) is 15.8. The second-order valence-electron chi connectivity index (χ2n) is 4.14. The third-order valence-corrected chi connectivity index (χ3v) is 4.70. The Kier molecular flexibility index (Phi) is 4.84. The highest BCUT2D eigenvalue weighted by Gasteiger charge is 2.17. The summed E-state index contributed by atoms with van der Waals surface area (Å²) in [5, 5.41) is 8.88. The Morgan fingerprint density at radius 2 is 1.95 bits per heavy atom. The monoisotopic (exact) mass is 374 g/mol. The van der Waals surface area contributed by atoms with Crippen LogP contribution in [0.3, 0.4) is 0 Å². The summed E-state index contributed by atoms with van der Waals surface area (Å²) in [6.45, 7) is 0. The molecule has 1 N–H and O–H groups in total. The minimum Gasteiger partial charge on any atom is -0.478 e. The van der Waals surface area contributed by atoms with Crippen LogP contribution in [0, 0.1) is 11.6 Å². The molecule has 1 atom stereocenters. The molecule has 110 valence electrons. The van der Waals surface area contributed by atoms with Gasteiger partial charge in [-0.2, -0.15) is 0 Å². The van der Waals surface area contributed by atoms with Crippen molar-refractivity contribution in [3.63, 3.8) is 0 Å². The van der Waals surface area contributed by atoms with E-state index in [1.165, 1.54) is 30.3 Å². The summed E-state index contributed by atoms with van der Waals surface area (Å²) in [5.74, 6) is -3.13. The van der Waals surface area contributed by atoms with Gasteiger partial charge in [0.05, 0.1) is 26.6 Å². The zero-order valence-electron chi connectivity index (χ0n) is 10.5. The SMILES string of the molecule is O=C(O)c1cccc(S(=O)Cc2c(F)ccc(Br)c2F)c1. The molecule has 7 heteroatoms. The fourth-order valence-corrected chi connectivity index (χ4v) is 3.24. The zero-order valence-corrected chi connectivity index (χ0v) is 12.9. The third-order valence-electron chi connectivity index (χ3n) is 2.76. The molecule has 0 amide bonds. The van der Waals surface area contributed by atoms with Gasteiger partial charge in [-0.3, -0.25) is 4.21 Å². The lowest BCUT2D eigenvalue weighted by Gasteiger charge is -2.07. The van der Waals surface area contributed by atoms with E-state index < -0.39 is 28.4 Å². The Bertz CT molecular complexity index is 734. The first-order valence-corrected chi connectivity index (χ1v) is 7.85. The molecule has 0 saturated carbocycles. The lowest BCUT2D eigenvalue weighted by molar-refractivity contribution is 0.0696. The van der Waals surface area contributed by atoms with Crippen molar-refractivity contribution in [1.29, 1.82) is 0 Å². The summed E-state index contributed by atoms with van der Waals surface area (Å²) in [5.41, 5.74) is -0.334. The van der Waals surface area contributed by atoms with Crippen molar-refractivity contribution in [3.8, 4) is 0 Å². The summed E-state index contributed by atoms with van der Waals surface area (Å²) in [6, 6.07) is 7.77. The molecular formula is C14H9BrF2O3S. The second kappa shape index (κ2) is 6.44. The van der Waals surface area contributed by atoms with Gasteiger partial charge < -0.3 is 5.11 Å². The Labute approximate surface area is 130 Å². The lowest BCUT2D eigenvalue weighted by atomic mass is 10.2. The molecule has 0 fully saturated rings. The highest BCUT2D eigenvalue weighted by Crippen LogP contribution is 2.24. The summed E-state index contributed by atoms with van der Waals surface area (Å²) >= 11 is 2.94. The number of halogens is 3. The molecule has 0 aromatic heterocycles. The van der Waals surface area contributed by atoms with Crippen molar-refractivity contribution in [2.75, 3.05) is 0 Å². The highest BCUT2D eigenvalue weighted by atomic mass is 79.9. The van der Waals surface area contributed by atoms with Crippen LogP contribution < -0.4 is 0 Å². The Balaban J connectivity index is 2.33. The van der Waals surface area contributed by atoms with Crippen molar-refractivity contribution in [3.05, 3.63) is 63.6 Å². The van der Waals surface area contributed by atoms with E-state index in [2.05, 4.69) is 15.9 Å². The molecule has 0 saturated heterocycles. The Morgan fingerprint density at radius 1 is 1.24 bits per heavy atom. The van der Waals surface area contributed by atoms with E-state index in [0.29, 0.717) is 0 Å².